The standard InChI is InChI=1S/C19H21ClN2O2.C18H19ClN2O3/c1-12-9-18(24-3)15(10-16(12)20)19(23)21-17-6-4-5-13-11-22(2)8-7-14(13)17;1-23-16-9-17(24-2)14(19)8-13(16)18(22)21-15-5-3-4-11-10-20-7-6-12(11)15/h4-6,9-10H,7-8,11H2,1-3H3,(H,21,23);3-5,8-9,20H,6-7,10H2,1-2H3,(H,21,22). The quantitative estimate of drug-likeness (QED) is 0.189. The monoisotopic (exact) mass is 690 g/mol. The van der Waals surface area contributed by atoms with Crippen molar-refractivity contribution in [3.8, 4) is 17.2 Å². The molecule has 252 valence electrons. The Morgan fingerprint density at radius 3 is 1.94 bits per heavy atom. The van der Waals surface area contributed by atoms with Gasteiger partial charge in [0.2, 0.25) is 0 Å². The minimum atomic E-state index is -0.261. The first-order valence-corrected chi connectivity index (χ1v) is 16.4. The highest BCUT2D eigenvalue weighted by Crippen LogP contribution is 2.34. The van der Waals surface area contributed by atoms with Crippen molar-refractivity contribution in [2.24, 2.45) is 0 Å². The number of carbonyl (C=O) groups is 2. The number of anilines is 2. The maximum absolute atomic E-state index is 12.7. The predicted molar refractivity (Wildman–Crippen MR) is 192 cm³/mol. The van der Waals surface area contributed by atoms with Gasteiger partial charge in [0.1, 0.15) is 17.2 Å². The van der Waals surface area contributed by atoms with Gasteiger partial charge in [-0.05, 0) is 91.5 Å². The molecule has 0 saturated heterocycles. The molecule has 9 nitrogen and oxygen atoms in total. The third kappa shape index (κ3) is 7.88. The number of rotatable bonds is 7. The summed E-state index contributed by atoms with van der Waals surface area (Å²) in [4.78, 5) is 27.7. The normalized spacial score (nSPS) is 13.6. The summed E-state index contributed by atoms with van der Waals surface area (Å²) in [6.07, 6.45) is 1.81. The van der Waals surface area contributed by atoms with Crippen molar-refractivity contribution in [3.05, 3.63) is 110 Å². The van der Waals surface area contributed by atoms with Gasteiger partial charge in [0.25, 0.3) is 11.8 Å². The van der Waals surface area contributed by atoms with Crippen LogP contribution < -0.4 is 30.2 Å². The molecule has 0 saturated carbocycles. The molecule has 0 aromatic heterocycles. The number of likely N-dealkylation sites (N-methyl/N-ethyl adjacent to an activating group) is 1. The van der Waals surface area contributed by atoms with E-state index < -0.39 is 0 Å². The summed E-state index contributed by atoms with van der Waals surface area (Å²) in [7, 11) is 6.69. The number of carbonyl (C=O) groups excluding carboxylic acids is 2. The molecule has 2 aliphatic rings. The van der Waals surface area contributed by atoms with Gasteiger partial charge in [-0.1, -0.05) is 47.5 Å². The van der Waals surface area contributed by atoms with E-state index in [9.17, 15) is 9.59 Å². The molecule has 3 N–H and O–H groups in total. The largest absolute Gasteiger partial charge is 0.496 e. The second kappa shape index (κ2) is 15.7. The van der Waals surface area contributed by atoms with Crippen LogP contribution in [-0.2, 0) is 25.9 Å². The summed E-state index contributed by atoms with van der Waals surface area (Å²) < 4.78 is 15.8. The zero-order chi connectivity index (χ0) is 34.4. The highest BCUT2D eigenvalue weighted by Gasteiger charge is 2.21. The van der Waals surface area contributed by atoms with Crippen molar-refractivity contribution >= 4 is 46.4 Å². The molecule has 4 aromatic carbocycles. The number of nitrogens with zero attached hydrogens (tertiary/aromatic N) is 1. The number of halogens is 2. The van der Waals surface area contributed by atoms with Gasteiger partial charge in [-0.25, -0.2) is 0 Å². The van der Waals surface area contributed by atoms with Crippen LogP contribution in [0.15, 0.2) is 60.7 Å². The first kappa shape index (κ1) is 35.0. The lowest BCUT2D eigenvalue weighted by Crippen LogP contribution is -2.27. The number of ether oxygens (including phenoxy) is 3. The number of hydrogen-bond acceptors (Lipinski definition) is 7. The molecule has 2 heterocycles. The fourth-order valence-electron chi connectivity index (χ4n) is 5.93. The van der Waals surface area contributed by atoms with Crippen molar-refractivity contribution in [3.63, 3.8) is 0 Å². The van der Waals surface area contributed by atoms with E-state index in [1.807, 2.05) is 31.2 Å². The van der Waals surface area contributed by atoms with E-state index >= 15 is 0 Å². The average molecular weight is 692 g/mol. The van der Waals surface area contributed by atoms with Gasteiger partial charge in [-0.15, -0.1) is 0 Å². The van der Waals surface area contributed by atoms with Gasteiger partial charge in [0.05, 0.1) is 37.5 Å². The molecule has 6 rings (SSSR count). The summed E-state index contributed by atoms with van der Waals surface area (Å²) >= 11 is 12.3. The van der Waals surface area contributed by atoms with E-state index in [0.29, 0.717) is 38.4 Å². The predicted octanol–water partition coefficient (Wildman–Crippen LogP) is 7.15. The Morgan fingerprint density at radius 1 is 0.750 bits per heavy atom. The molecule has 0 bridgehead atoms. The highest BCUT2D eigenvalue weighted by atomic mass is 35.5. The summed E-state index contributed by atoms with van der Waals surface area (Å²) in [6, 6.07) is 18.6. The number of amides is 2. The zero-order valence-corrected chi connectivity index (χ0v) is 29.3. The second-order valence-electron chi connectivity index (χ2n) is 11.7. The van der Waals surface area contributed by atoms with Gasteiger partial charge in [-0.2, -0.15) is 0 Å². The van der Waals surface area contributed by atoms with Gasteiger partial charge in [0, 0.05) is 42.1 Å². The lowest BCUT2D eigenvalue weighted by molar-refractivity contribution is 0.101. The Kier molecular flexibility index (Phi) is 11.5. The molecule has 0 fully saturated rings. The smallest absolute Gasteiger partial charge is 0.259 e. The van der Waals surface area contributed by atoms with Crippen LogP contribution in [-0.4, -0.2) is 58.2 Å². The molecule has 0 spiro atoms. The SMILES string of the molecule is COc1cc(C)c(Cl)cc1C(=O)Nc1cccc2c1CCN(C)C2.COc1cc(OC)c(C(=O)Nc2cccc3c2CCNC3)cc1Cl. The number of methoxy groups -OCH3 is 3. The minimum Gasteiger partial charge on any atom is -0.496 e. The Balaban J connectivity index is 0.000000188. The van der Waals surface area contributed by atoms with Crippen LogP contribution in [0.1, 0.15) is 48.5 Å². The zero-order valence-electron chi connectivity index (χ0n) is 27.8. The lowest BCUT2D eigenvalue weighted by atomic mass is 9.98. The molecular weight excluding hydrogens is 651 g/mol. The van der Waals surface area contributed by atoms with Crippen LogP contribution in [0, 0.1) is 6.92 Å². The van der Waals surface area contributed by atoms with Crippen molar-refractivity contribution in [2.45, 2.75) is 32.9 Å². The number of fused-ring (bicyclic) bond motifs is 2. The van der Waals surface area contributed by atoms with E-state index in [-0.39, 0.29) is 11.8 Å². The van der Waals surface area contributed by atoms with Crippen LogP contribution in [0.4, 0.5) is 11.4 Å². The maximum Gasteiger partial charge on any atom is 0.259 e. The summed E-state index contributed by atoms with van der Waals surface area (Å²) in [5, 5.41) is 10.3. The highest BCUT2D eigenvalue weighted by molar-refractivity contribution is 6.33. The maximum atomic E-state index is 12.7. The van der Waals surface area contributed by atoms with Crippen molar-refractivity contribution < 1.29 is 23.8 Å². The number of aryl methyl sites for hydroxylation is 1. The van der Waals surface area contributed by atoms with Gasteiger partial charge in [0.15, 0.2) is 0 Å². The molecule has 0 unspecified atom stereocenters. The Labute approximate surface area is 291 Å². The van der Waals surface area contributed by atoms with Crippen molar-refractivity contribution in [2.75, 3.05) is 52.1 Å². The molecule has 2 aliphatic heterocycles. The first-order chi connectivity index (χ1) is 23.1. The number of benzene rings is 4. The minimum absolute atomic E-state index is 0.207. The number of nitrogens with one attached hydrogen (secondary N) is 3. The molecule has 4 aromatic rings. The topological polar surface area (TPSA) is 101 Å². The third-order valence-corrected chi connectivity index (χ3v) is 9.24. The third-order valence-electron chi connectivity index (χ3n) is 8.54. The molecule has 0 aliphatic carbocycles. The van der Waals surface area contributed by atoms with Gasteiger partial charge in [-0.3, -0.25) is 9.59 Å². The Hall–Kier alpha value is -4.28. The van der Waals surface area contributed by atoms with Gasteiger partial charge >= 0.3 is 0 Å². The van der Waals surface area contributed by atoms with E-state index in [1.54, 1.807) is 31.4 Å². The Morgan fingerprint density at radius 2 is 1.31 bits per heavy atom. The molecule has 2 amide bonds. The van der Waals surface area contributed by atoms with E-state index in [0.717, 1.165) is 56.0 Å². The molecule has 11 heteroatoms. The Bertz CT molecular complexity index is 1830. The molecule has 48 heavy (non-hydrogen) atoms. The van der Waals surface area contributed by atoms with Crippen molar-refractivity contribution in [1.82, 2.24) is 10.2 Å². The van der Waals surface area contributed by atoms with Gasteiger partial charge < -0.3 is 35.1 Å². The fourth-order valence-corrected chi connectivity index (χ4v) is 6.34. The molecular formula is C37H40Cl2N4O5. The van der Waals surface area contributed by atoms with E-state index in [1.165, 1.54) is 36.5 Å². The second-order valence-corrected chi connectivity index (χ2v) is 12.5. The lowest BCUT2D eigenvalue weighted by Gasteiger charge is -2.26. The van der Waals surface area contributed by atoms with Crippen LogP contribution in [0.25, 0.3) is 0 Å². The van der Waals surface area contributed by atoms with Crippen molar-refractivity contribution in [1.29, 1.82) is 0 Å². The molecule has 0 atom stereocenters. The fraction of sp³-hybridized carbons (Fsp3) is 0.297. The van der Waals surface area contributed by atoms with Crippen LogP contribution in [0.3, 0.4) is 0 Å². The van der Waals surface area contributed by atoms with E-state index in [2.05, 4.69) is 40.0 Å². The van der Waals surface area contributed by atoms with E-state index in [4.69, 9.17) is 37.4 Å². The summed E-state index contributed by atoms with van der Waals surface area (Å²) in [5.41, 5.74) is 8.23. The average Bonchev–Trinajstić information content (AvgIpc) is 3.09. The first-order valence-electron chi connectivity index (χ1n) is 15.6. The van der Waals surface area contributed by atoms with Crippen LogP contribution >= 0.6 is 23.2 Å². The summed E-state index contributed by atoms with van der Waals surface area (Å²) in [5.74, 6) is 0.941. The number of hydrogen-bond donors (Lipinski definition) is 3. The molecule has 0 radical (unpaired) electrons. The summed E-state index contributed by atoms with van der Waals surface area (Å²) in [6.45, 7) is 5.49. The van der Waals surface area contributed by atoms with Crippen LogP contribution in [0.5, 0.6) is 17.2 Å². The van der Waals surface area contributed by atoms with Crippen LogP contribution in [0.2, 0.25) is 10.0 Å².